The van der Waals surface area contributed by atoms with Gasteiger partial charge in [0, 0.05) is 32.7 Å². The number of benzene rings is 1. The lowest BCUT2D eigenvalue weighted by Gasteiger charge is -2.36. The lowest BCUT2D eigenvalue weighted by atomic mass is 10.2. The number of carbonyl (C=O) groups excluding carboxylic acids is 1. The average Bonchev–Trinajstić information content (AvgIpc) is 2.45. The molecule has 1 aromatic rings. The third-order valence-corrected chi connectivity index (χ3v) is 3.19. The molecule has 2 N–H and O–H groups in total. The van der Waals surface area contributed by atoms with Crippen LogP contribution in [0.3, 0.4) is 0 Å². The number of piperazine rings is 1. The van der Waals surface area contributed by atoms with Crippen LogP contribution in [0.5, 0.6) is 5.75 Å². The monoisotopic (exact) mass is 261 g/mol. The van der Waals surface area contributed by atoms with Crippen LogP contribution in [-0.2, 0) is 0 Å². The molecule has 1 aliphatic heterocycles. The van der Waals surface area contributed by atoms with E-state index in [-0.39, 0.29) is 11.8 Å². The zero-order valence-electron chi connectivity index (χ0n) is 10.9. The van der Waals surface area contributed by atoms with Gasteiger partial charge in [0.05, 0.1) is 5.69 Å². The van der Waals surface area contributed by atoms with Gasteiger partial charge in [0.1, 0.15) is 5.75 Å². The van der Waals surface area contributed by atoms with E-state index in [1.54, 1.807) is 23.1 Å². The summed E-state index contributed by atoms with van der Waals surface area (Å²) in [7, 11) is 0. The van der Waals surface area contributed by atoms with Crippen molar-refractivity contribution in [3.05, 3.63) is 36.9 Å². The van der Waals surface area contributed by atoms with Crippen molar-refractivity contribution in [1.29, 1.82) is 0 Å². The normalized spacial score (nSPS) is 15.2. The molecule has 102 valence electrons. The maximum absolute atomic E-state index is 11.8. The Balaban J connectivity index is 1.91. The van der Waals surface area contributed by atoms with Gasteiger partial charge in [-0.2, -0.15) is 0 Å². The number of carbonyl (C=O) groups is 1. The number of anilines is 1. The van der Waals surface area contributed by atoms with Crippen LogP contribution in [0.25, 0.3) is 0 Å². The van der Waals surface area contributed by atoms with Crippen LogP contribution >= 0.6 is 0 Å². The molecule has 19 heavy (non-hydrogen) atoms. The molecule has 0 saturated carbocycles. The maximum Gasteiger partial charge on any atom is 0.317 e. The molecule has 5 nitrogen and oxygen atoms in total. The lowest BCUT2D eigenvalue weighted by Crippen LogP contribution is -2.51. The first-order valence-electron chi connectivity index (χ1n) is 6.39. The Bertz CT molecular complexity index is 454. The lowest BCUT2D eigenvalue weighted by molar-refractivity contribution is 0.195. The van der Waals surface area contributed by atoms with Gasteiger partial charge in [-0.05, 0) is 12.1 Å². The Morgan fingerprint density at radius 3 is 2.63 bits per heavy atom. The highest BCUT2D eigenvalue weighted by Gasteiger charge is 2.21. The summed E-state index contributed by atoms with van der Waals surface area (Å²) < 4.78 is 0. The van der Waals surface area contributed by atoms with Gasteiger partial charge in [0.15, 0.2) is 0 Å². The molecule has 1 aliphatic rings. The second-order valence-corrected chi connectivity index (χ2v) is 4.44. The molecule has 0 aromatic heterocycles. The van der Waals surface area contributed by atoms with Crippen molar-refractivity contribution < 1.29 is 9.90 Å². The SMILES string of the molecule is C=CCNC(=O)N1CCN(c2ccccc2O)CC1. The highest BCUT2D eigenvalue weighted by molar-refractivity contribution is 5.74. The summed E-state index contributed by atoms with van der Waals surface area (Å²) in [6.07, 6.45) is 1.66. The molecule has 0 bridgehead atoms. The van der Waals surface area contributed by atoms with E-state index in [9.17, 15) is 9.90 Å². The van der Waals surface area contributed by atoms with E-state index in [0.29, 0.717) is 19.6 Å². The third-order valence-electron chi connectivity index (χ3n) is 3.19. The molecule has 0 radical (unpaired) electrons. The van der Waals surface area contributed by atoms with Crippen LogP contribution in [0.15, 0.2) is 36.9 Å². The summed E-state index contributed by atoms with van der Waals surface area (Å²) in [5.41, 5.74) is 0.827. The molecule has 0 atom stereocenters. The van der Waals surface area contributed by atoms with E-state index in [0.717, 1.165) is 18.8 Å². The van der Waals surface area contributed by atoms with Gasteiger partial charge in [-0.15, -0.1) is 6.58 Å². The Hall–Kier alpha value is -2.17. The first kappa shape index (κ1) is 13.3. The molecule has 0 spiro atoms. The van der Waals surface area contributed by atoms with E-state index in [4.69, 9.17) is 0 Å². The van der Waals surface area contributed by atoms with Crippen molar-refractivity contribution in [2.45, 2.75) is 0 Å². The van der Waals surface area contributed by atoms with Gasteiger partial charge in [0.2, 0.25) is 0 Å². The number of nitrogens with zero attached hydrogens (tertiary/aromatic N) is 2. The van der Waals surface area contributed by atoms with Crippen molar-refractivity contribution >= 4 is 11.7 Å². The van der Waals surface area contributed by atoms with Crippen LogP contribution in [0.2, 0.25) is 0 Å². The fourth-order valence-corrected chi connectivity index (χ4v) is 2.15. The number of urea groups is 1. The quantitative estimate of drug-likeness (QED) is 0.809. The minimum atomic E-state index is -0.0585. The maximum atomic E-state index is 11.8. The summed E-state index contributed by atoms with van der Waals surface area (Å²) in [6.45, 7) is 6.80. The fraction of sp³-hybridized carbons (Fsp3) is 0.357. The predicted octanol–water partition coefficient (Wildman–Crippen LogP) is 1.41. The summed E-state index contributed by atoms with van der Waals surface area (Å²) >= 11 is 0. The van der Waals surface area contributed by atoms with E-state index in [2.05, 4.69) is 16.8 Å². The van der Waals surface area contributed by atoms with Gasteiger partial charge in [-0.3, -0.25) is 0 Å². The Labute approximate surface area is 113 Å². The number of para-hydroxylation sites is 2. The molecule has 1 aromatic carbocycles. The zero-order valence-corrected chi connectivity index (χ0v) is 10.9. The summed E-state index contributed by atoms with van der Waals surface area (Å²) in [5.74, 6) is 0.284. The van der Waals surface area contributed by atoms with Gasteiger partial charge < -0.3 is 20.2 Å². The molecule has 1 saturated heterocycles. The minimum absolute atomic E-state index is 0.0585. The summed E-state index contributed by atoms with van der Waals surface area (Å²) in [4.78, 5) is 15.6. The van der Waals surface area contributed by atoms with Gasteiger partial charge in [0.25, 0.3) is 0 Å². The van der Waals surface area contributed by atoms with E-state index < -0.39 is 0 Å². The topological polar surface area (TPSA) is 55.8 Å². The standard InChI is InChI=1S/C14H19N3O2/c1-2-7-15-14(19)17-10-8-16(9-11-17)12-5-3-4-6-13(12)18/h2-6,18H,1,7-11H2,(H,15,19). The highest BCUT2D eigenvalue weighted by atomic mass is 16.3. The molecule has 1 fully saturated rings. The molecular formula is C14H19N3O2. The Morgan fingerprint density at radius 2 is 2.00 bits per heavy atom. The minimum Gasteiger partial charge on any atom is -0.506 e. The van der Waals surface area contributed by atoms with Gasteiger partial charge >= 0.3 is 6.03 Å². The van der Waals surface area contributed by atoms with Crippen LogP contribution in [0.4, 0.5) is 10.5 Å². The molecule has 0 aliphatic carbocycles. The number of aromatic hydroxyl groups is 1. The van der Waals surface area contributed by atoms with Gasteiger partial charge in [-0.1, -0.05) is 18.2 Å². The molecular weight excluding hydrogens is 242 g/mol. The molecule has 5 heteroatoms. The van der Waals surface area contributed by atoms with Gasteiger partial charge in [-0.25, -0.2) is 4.79 Å². The van der Waals surface area contributed by atoms with Crippen LogP contribution < -0.4 is 10.2 Å². The Kier molecular flexibility index (Phi) is 4.28. The van der Waals surface area contributed by atoms with E-state index in [1.165, 1.54) is 0 Å². The van der Waals surface area contributed by atoms with Crippen molar-refractivity contribution in [3.63, 3.8) is 0 Å². The number of nitrogens with one attached hydrogen (secondary N) is 1. The number of hydrogen-bond acceptors (Lipinski definition) is 3. The van der Waals surface area contributed by atoms with Crippen LogP contribution in [0.1, 0.15) is 0 Å². The van der Waals surface area contributed by atoms with Crippen molar-refractivity contribution in [1.82, 2.24) is 10.2 Å². The first-order chi connectivity index (χ1) is 9.22. The number of hydrogen-bond donors (Lipinski definition) is 2. The number of phenolic OH excluding ortho intramolecular Hbond substituents is 1. The number of rotatable bonds is 3. The molecule has 0 unspecified atom stereocenters. The highest BCUT2D eigenvalue weighted by Crippen LogP contribution is 2.27. The van der Waals surface area contributed by atoms with Crippen molar-refractivity contribution in [3.8, 4) is 5.75 Å². The average molecular weight is 261 g/mol. The first-order valence-corrected chi connectivity index (χ1v) is 6.39. The van der Waals surface area contributed by atoms with Crippen molar-refractivity contribution in [2.75, 3.05) is 37.6 Å². The van der Waals surface area contributed by atoms with Crippen LogP contribution in [0, 0.1) is 0 Å². The second-order valence-electron chi connectivity index (χ2n) is 4.44. The van der Waals surface area contributed by atoms with E-state index >= 15 is 0 Å². The number of phenols is 1. The Morgan fingerprint density at radius 1 is 1.32 bits per heavy atom. The predicted molar refractivity (Wildman–Crippen MR) is 75.5 cm³/mol. The largest absolute Gasteiger partial charge is 0.506 e. The molecule has 1 heterocycles. The zero-order chi connectivity index (χ0) is 13.7. The summed E-state index contributed by atoms with van der Waals surface area (Å²) in [5, 5.41) is 12.6. The number of amides is 2. The van der Waals surface area contributed by atoms with Crippen LogP contribution in [-0.4, -0.2) is 48.8 Å². The summed E-state index contributed by atoms with van der Waals surface area (Å²) in [6, 6.07) is 7.22. The fourth-order valence-electron chi connectivity index (χ4n) is 2.15. The molecule has 2 rings (SSSR count). The third kappa shape index (κ3) is 3.19. The smallest absolute Gasteiger partial charge is 0.317 e. The van der Waals surface area contributed by atoms with Crippen molar-refractivity contribution in [2.24, 2.45) is 0 Å². The molecule has 2 amide bonds. The van der Waals surface area contributed by atoms with E-state index in [1.807, 2.05) is 12.1 Å². The second kappa shape index (κ2) is 6.13.